The average molecular weight is 261 g/mol. The van der Waals surface area contributed by atoms with Gasteiger partial charge in [0.25, 0.3) is 0 Å². The molecule has 1 atom stereocenters. The molecule has 1 aromatic carbocycles. The summed E-state index contributed by atoms with van der Waals surface area (Å²) in [6.07, 6.45) is 1.87. The van der Waals surface area contributed by atoms with Crippen molar-refractivity contribution < 1.29 is 4.74 Å². The monoisotopic (exact) mass is 261 g/mol. The van der Waals surface area contributed by atoms with Gasteiger partial charge in [0.05, 0.1) is 6.61 Å². The molecule has 0 amide bonds. The van der Waals surface area contributed by atoms with Gasteiger partial charge in [-0.3, -0.25) is 0 Å². The first-order valence-corrected chi connectivity index (χ1v) is 7.24. The number of thiophene rings is 1. The third-order valence-electron chi connectivity index (χ3n) is 2.82. The lowest BCUT2D eigenvalue weighted by Gasteiger charge is -2.16. The van der Waals surface area contributed by atoms with Gasteiger partial charge in [0.15, 0.2) is 0 Å². The topological polar surface area (TPSA) is 35.2 Å². The Morgan fingerprint density at radius 3 is 2.83 bits per heavy atom. The van der Waals surface area contributed by atoms with Crippen LogP contribution < -0.4 is 10.5 Å². The van der Waals surface area contributed by atoms with E-state index in [0.717, 1.165) is 30.8 Å². The Morgan fingerprint density at radius 2 is 2.11 bits per heavy atom. The maximum atomic E-state index is 6.28. The molecule has 2 aromatic rings. The van der Waals surface area contributed by atoms with E-state index < -0.39 is 0 Å². The quantitative estimate of drug-likeness (QED) is 0.859. The summed E-state index contributed by atoms with van der Waals surface area (Å²) in [6.45, 7) is 2.84. The molecule has 2 nitrogen and oxygen atoms in total. The predicted octanol–water partition coefficient (Wildman–Crippen LogP) is 3.78. The molecular weight excluding hydrogens is 242 g/mol. The van der Waals surface area contributed by atoms with E-state index in [-0.39, 0.29) is 6.04 Å². The summed E-state index contributed by atoms with van der Waals surface area (Å²) in [4.78, 5) is 0. The van der Waals surface area contributed by atoms with E-state index in [1.54, 1.807) is 11.3 Å². The third-order valence-corrected chi connectivity index (χ3v) is 3.55. The standard InChI is InChI=1S/C15H19NOS/c1-2-8-17-15-6-4-3-5-13(15)14(16)10-12-7-9-18-11-12/h3-7,9,11,14H,2,8,10,16H2,1H3. The summed E-state index contributed by atoms with van der Waals surface area (Å²) in [7, 11) is 0. The Morgan fingerprint density at radius 1 is 1.28 bits per heavy atom. The molecule has 96 valence electrons. The molecule has 2 N–H and O–H groups in total. The van der Waals surface area contributed by atoms with Gasteiger partial charge >= 0.3 is 0 Å². The highest BCUT2D eigenvalue weighted by atomic mass is 32.1. The fourth-order valence-electron chi connectivity index (χ4n) is 1.90. The number of hydrogen-bond acceptors (Lipinski definition) is 3. The zero-order valence-corrected chi connectivity index (χ0v) is 11.5. The molecule has 1 heterocycles. The second-order valence-electron chi connectivity index (χ2n) is 4.33. The van der Waals surface area contributed by atoms with Gasteiger partial charge in [-0.05, 0) is 41.3 Å². The molecule has 0 bridgehead atoms. The summed E-state index contributed by atoms with van der Waals surface area (Å²) in [5, 5.41) is 4.23. The van der Waals surface area contributed by atoms with Gasteiger partial charge in [0.1, 0.15) is 5.75 Å². The summed E-state index contributed by atoms with van der Waals surface area (Å²) >= 11 is 1.71. The van der Waals surface area contributed by atoms with Crippen LogP contribution in [0.1, 0.15) is 30.5 Å². The smallest absolute Gasteiger partial charge is 0.124 e. The van der Waals surface area contributed by atoms with Crippen molar-refractivity contribution in [3.05, 3.63) is 52.2 Å². The van der Waals surface area contributed by atoms with Crippen LogP contribution in [0.3, 0.4) is 0 Å². The van der Waals surface area contributed by atoms with E-state index in [9.17, 15) is 0 Å². The van der Waals surface area contributed by atoms with Crippen LogP contribution in [-0.4, -0.2) is 6.61 Å². The van der Waals surface area contributed by atoms with Crippen LogP contribution in [0.4, 0.5) is 0 Å². The van der Waals surface area contributed by atoms with E-state index in [0.29, 0.717) is 0 Å². The SMILES string of the molecule is CCCOc1ccccc1C(N)Cc1ccsc1. The van der Waals surface area contributed by atoms with Crippen molar-refractivity contribution >= 4 is 11.3 Å². The lowest BCUT2D eigenvalue weighted by atomic mass is 10.0. The Hall–Kier alpha value is -1.32. The summed E-state index contributed by atoms with van der Waals surface area (Å²) in [5.74, 6) is 0.919. The summed E-state index contributed by atoms with van der Waals surface area (Å²) in [6, 6.07) is 10.2. The zero-order valence-electron chi connectivity index (χ0n) is 10.6. The minimum absolute atomic E-state index is 0.00680. The van der Waals surface area contributed by atoms with Gasteiger partial charge < -0.3 is 10.5 Å². The first-order valence-electron chi connectivity index (χ1n) is 6.29. The highest BCUT2D eigenvalue weighted by Crippen LogP contribution is 2.26. The summed E-state index contributed by atoms with van der Waals surface area (Å²) < 4.78 is 5.75. The van der Waals surface area contributed by atoms with Crippen LogP contribution in [0.5, 0.6) is 5.75 Å². The van der Waals surface area contributed by atoms with Crippen LogP contribution in [0.15, 0.2) is 41.1 Å². The number of rotatable bonds is 6. The highest BCUT2D eigenvalue weighted by Gasteiger charge is 2.12. The first kappa shape index (κ1) is 13.1. The fourth-order valence-corrected chi connectivity index (χ4v) is 2.58. The molecule has 0 saturated heterocycles. The van der Waals surface area contributed by atoms with E-state index in [2.05, 4.69) is 29.8 Å². The number of ether oxygens (including phenoxy) is 1. The molecule has 18 heavy (non-hydrogen) atoms. The van der Waals surface area contributed by atoms with Crippen molar-refractivity contribution in [2.24, 2.45) is 5.73 Å². The minimum atomic E-state index is -0.00680. The molecule has 0 fully saturated rings. The van der Waals surface area contributed by atoms with Gasteiger partial charge in [0.2, 0.25) is 0 Å². The molecule has 2 rings (SSSR count). The molecular formula is C15H19NOS. The Bertz CT molecular complexity index is 467. The molecule has 0 aliphatic heterocycles. The fraction of sp³-hybridized carbons (Fsp3) is 0.333. The van der Waals surface area contributed by atoms with Gasteiger partial charge in [-0.25, -0.2) is 0 Å². The molecule has 0 spiro atoms. The van der Waals surface area contributed by atoms with E-state index in [1.165, 1.54) is 5.56 Å². The maximum Gasteiger partial charge on any atom is 0.124 e. The van der Waals surface area contributed by atoms with Crippen molar-refractivity contribution in [2.45, 2.75) is 25.8 Å². The van der Waals surface area contributed by atoms with Crippen LogP contribution in [0, 0.1) is 0 Å². The van der Waals surface area contributed by atoms with Crippen molar-refractivity contribution in [1.82, 2.24) is 0 Å². The Balaban J connectivity index is 2.11. The highest BCUT2D eigenvalue weighted by molar-refractivity contribution is 7.07. The second kappa shape index (κ2) is 6.57. The van der Waals surface area contributed by atoms with Crippen LogP contribution in [0.2, 0.25) is 0 Å². The van der Waals surface area contributed by atoms with E-state index >= 15 is 0 Å². The molecule has 1 unspecified atom stereocenters. The zero-order chi connectivity index (χ0) is 12.8. The number of hydrogen-bond donors (Lipinski definition) is 1. The molecule has 0 radical (unpaired) electrons. The van der Waals surface area contributed by atoms with Crippen LogP contribution in [-0.2, 0) is 6.42 Å². The van der Waals surface area contributed by atoms with E-state index in [1.807, 2.05) is 18.2 Å². The van der Waals surface area contributed by atoms with Gasteiger partial charge in [-0.2, -0.15) is 11.3 Å². The van der Waals surface area contributed by atoms with Crippen LogP contribution >= 0.6 is 11.3 Å². The normalized spacial score (nSPS) is 12.3. The van der Waals surface area contributed by atoms with Gasteiger partial charge in [0, 0.05) is 11.6 Å². The third kappa shape index (κ3) is 3.34. The molecule has 0 aliphatic rings. The minimum Gasteiger partial charge on any atom is -0.493 e. The summed E-state index contributed by atoms with van der Waals surface area (Å²) in [5.41, 5.74) is 8.67. The van der Waals surface area contributed by atoms with Gasteiger partial charge in [-0.1, -0.05) is 25.1 Å². The van der Waals surface area contributed by atoms with Crippen molar-refractivity contribution in [2.75, 3.05) is 6.61 Å². The predicted molar refractivity (Wildman–Crippen MR) is 77.2 cm³/mol. The number of nitrogens with two attached hydrogens (primary N) is 1. The van der Waals surface area contributed by atoms with Gasteiger partial charge in [-0.15, -0.1) is 0 Å². The number of para-hydroxylation sites is 1. The lowest BCUT2D eigenvalue weighted by Crippen LogP contribution is -2.14. The molecule has 0 saturated carbocycles. The largest absolute Gasteiger partial charge is 0.493 e. The second-order valence-corrected chi connectivity index (χ2v) is 5.11. The molecule has 3 heteroatoms. The lowest BCUT2D eigenvalue weighted by molar-refractivity contribution is 0.312. The maximum absolute atomic E-state index is 6.28. The molecule has 1 aromatic heterocycles. The van der Waals surface area contributed by atoms with Crippen molar-refractivity contribution in [3.8, 4) is 5.75 Å². The molecule has 0 aliphatic carbocycles. The van der Waals surface area contributed by atoms with Crippen LogP contribution in [0.25, 0.3) is 0 Å². The Kier molecular flexibility index (Phi) is 4.79. The van der Waals surface area contributed by atoms with Crippen molar-refractivity contribution in [3.63, 3.8) is 0 Å². The first-order chi connectivity index (χ1) is 8.81. The number of benzene rings is 1. The Labute approximate surface area is 112 Å². The van der Waals surface area contributed by atoms with Crippen molar-refractivity contribution in [1.29, 1.82) is 0 Å². The van der Waals surface area contributed by atoms with E-state index in [4.69, 9.17) is 10.5 Å². The average Bonchev–Trinajstić information content (AvgIpc) is 2.89.